The third-order valence-corrected chi connectivity index (χ3v) is 11.5. The Hall–Kier alpha value is -1.94. The lowest BCUT2D eigenvalue weighted by Crippen LogP contribution is -2.65. The van der Waals surface area contributed by atoms with Crippen LogP contribution in [-0.2, 0) is 0 Å². The fourth-order valence-corrected chi connectivity index (χ4v) is 8.27. The van der Waals surface area contributed by atoms with Crippen LogP contribution in [0.1, 0.15) is 79.6 Å². The normalized spacial score (nSPS) is 14.4. The van der Waals surface area contributed by atoms with Crippen molar-refractivity contribution >= 4 is 18.7 Å². The largest absolute Gasteiger partial charge is 0.424 e. The second-order valence-corrected chi connectivity index (χ2v) is 14.0. The zero-order valence-electron chi connectivity index (χ0n) is 21.3. The summed E-state index contributed by atoms with van der Waals surface area (Å²) < 4.78 is 0. The molecule has 0 heterocycles. The van der Waals surface area contributed by atoms with E-state index in [4.69, 9.17) is 0 Å². The predicted molar refractivity (Wildman–Crippen MR) is 146 cm³/mol. The Morgan fingerprint density at radius 2 is 1.33 bits per heavy atom. The van der Waals surface area contributed by atoms with Crippen molar-refractivity contribution in [2.24, 2.45) is 0 Å². The minimum atomic E-state index is -2.92. The number of rotatable bonds is 13. The van der Waals surface area contributed by atoms with Gasteiger partial charge in [-0.1, -0.05) is 105 Å². The molecule has 0 aromatic heterocycles. The van der Waals surface area contributed by atoms with Crippen LogP contribution in [-0.4, -0.2) is 24.3 Å². The lowest BCUT2D eigenvalue weighted by molar-refractivity contribution is 0.160. The summed E-state index contributed by atoms with van der Waals surface area (Å²) in [5.41, 5.74) is 2.78. The molecule has 2 rings (SSSR count). The molecule has 33 heavy (non-hydrogen) atoms. The fraction of sp³-hybridized carbons (Fsp3) is 0.467. The van der Waals surface area contributed by atoms with E-state index in [1.54, 1.807) is 0 Å². The molecule has 0 amide bonds. The van der Waals surface area contributed by atoms with Gasteiger partial charge in [0.1, 0.15) is 0 Å². The molecule has 180 valence electrons. The minimum absolute atomic E-state index is 0.174. The van der Waals surface area contributed by atoms with Crippen LogP contribution in [0.15, 0.2) is 84.0 Å². The van der Waals surface area contributed by atoms with Gasteiger partial charge < -0.3 is 9.90 Å². The zero-order valence-corrected chi connectivity index (χ0v) is 22.3. The van der Waals surface area contributed by atoms with Crippen LogP contribution in [0, 0.1) is 0 Å². The van der Waals surface area contributed by atoms with Gasteiger partial charge in [-0.2, -0.15) is 0 Å². The highest BCUT2D eigenvalue weighted by Crippen LogP contribution is 2.40. The number of aliphatic hydroxyl groups is 1. The van der Waals surface area contributed by atoms with E-state index < -0.39 is 8.32 Å². The Bertz CT molecular complexity index is 845. The Kier molecular flexibility index (Phi) is 10.8. The molecule has 0 saturated heterocycles. The summed E-state index contributed by atoms with van der Waals surface area (Å²) in [5, 5.41) is 11.7. The highest BCUT2D eigenvalue weighted by atomic mass is 28.4. The first kappa shape index (κ1) is 27.3. The van der Waals surface area contributed by atoms with Crippen molar-refractivity contribution in [2.45, 2.75) is 90.7 Å². The topological polar surface area (TPSA) is 40.5 Å². The van der Waals surface area contributed by atoms with Gasteiger partial charge in [0, 0.05) is 0 Å². The monoisotopic (exact) mass is 464 g/mol. The minimum Gasteiger partial charge on any atom is -0.424 e. The average molecular weight is 465 g/mol. The number of aliphatic hydroxyl groups excluding tert-OH is 1. The van der Waals surface area contributed by atoms with Crippen molar-refractivity contribution in [1.29, 1.82) is 0 Å². The van der Waals surface area contributed by atoms with Crippen molar-refractivity contribution in [3.8, 4) is 0 Å². The van der Waals surface area contributed by atoms with Gasteiger partial charge in [-0.05, 0) is 74.2 Å². The van der Waals surface area contributed by atoms with E-state index >= 15 is 0 Å². The van der Waals surface area contributed by atoms with E-state index in [1.165, 1.54) is 11.1 Å². The molecule has 1 unspecified atom stereocenters. The molecule has 2 nitrogen and oxygen atoms in total. The maximum Gasteiger partial charge on any atom is 0.258 e. The molecule has 0 spiro atoms. The molecule has 1 atom stereocenters. The second-order valence-electron chi connectivity index (χ2n) is 10.1. The molecule has 0 aliphatic carbocycles. The average Bonchev–Trinajstić information content (AvgIpc) is 2.82. The van der Waals surface area contributed by atoms with E-state index in [1.807, 2.05) is 43.3 Å². The fourth-order valence-electron chi connectivity index (χ4n) is 4.52. The van der Waals surface area contributed by atoms with Crippen LogP contribution in [0.25, 0.3) is 0 Å². The number of benzene rings is 2. The number of hydrogen-bond donors (Lipinski definition) is 2. The van der Waals surface area contributed by atoms with Gasteiger partial charge in [-0.25, -0.2) is 0 Å². The van der Waals surface area contributed by atoms with E-state index in [0.29, 0.717) is 0 Å². The van der Waals surface area contributed by atoms with Crippen molar-refractivity contribution in [3.63, 3.8) is 0 Å². The molecule has 0 radical (unpaired) electrons. The molecule has 0 aliphatic rings. The molecule has 2 aromatic carbocycles. The highest BCUT2D eigenvalue weighted by Gasteiger charge is 2.49. The summed E-state index contributed by atoms with van der Waals surface area (Å²) >= 11 is 0. The Labute approximate surface area is 203 Å². The van der Waals surface area contributed by atoms with Crippen molar-refractivity contribution < 1.29 is 9.90 Å². The number of hydrogen-bond acceptors (Lipinski definition) is 2. The van der Waals surface area contributed by atoms with Gasteiger partial charge in [-0.15, -0.1) is 0 Å². The maximum absolute atomic E-state index is 12.2. The molecular weight excluding hydrogens is 420 g/mol. The first-order valence-electron chi connectivity index (χ1n) is 12.5. The van der Waals surface area contributed by atoms with Gasteiger partial charge in [-0.3, -0.25) is 0 Å². The highest BCUT2D eigenvalue weighted by molar-refractivity contribution is 6.98. The van der Waals surface area contributed by atoms with Crippen LogP contribution in [0.3, 0.4) is 0 Å². The molecule has 0 aliphatic heterocycles. The maximum atomic E-state index is 12.2. The lowest BCUT2D eigenvalue weighted by atomic mass is 10.0. The van der Waals surface area contributed by atoms with E-state index in [0.717, 1.165) is 55.3 Å². The molecule has 0 saturated carbocycles. The summed E-state index contributed by atoms with van der Waals surface area (Å²) in [6, 6.07) is 20.6. The van der Waals surface area contributed by atoms with Crippen LogP contribution in [0.4, 0.5) is 0 Å². The Balaban J connectivity index is 2.02. The predicted octanol–water partition coefficient (Wildman–Crippen LogP) is 6.52. The molecular formula is C30H44O2Si. The van der Waals surface area contributed by atoms with Gasteiger partial charge in [0.25, 0.3) is 8.32 Å². The number of allylic oxidation sites excluding steroid dienone is 4. The third-order valence-electron chi connectivity index (χ3n) is 7.00. The van der Waals surface area contributed by atoms with Crippen molar-refractivity contribution in [2.75, 3.05) is 0 Å². The van der Waals surface area contributed by atoms with Crippen LogP contribution >= 0.6 is 0 Å². The van der Waals surface area contributed by atoms with E-state index in [2.05, 4.69) is 64.1 Å². The van der Waals surface area contributed by atoms with Crippen LogP contribution in [0.2, 0.25) is 5.04 Å². The molecule has 0 fully saturated rings. The smallest absolute Gasteiger partial charge is 0.258 e. The van der Waals surface area contributed by atoms with Gasteiger partial charge in [0.05, 0.1) is 6.10 Å². The molecule has 2 N–H and O–H groups in total. The van der Waals surface area contributed by atoms with Crippen LogP contribution < -0.4 is 10.4 Å². The quantitative estimate of drug-likeness (QED) is 0.261. The standard InChI is InChI=1S/C30H44O2Si/c1-6-27(31)23-22-26(3)16-13-15-25(2)17-14-24-30(4,5)33(32,28-18-9-7-10-19-28)29-20-11-8-12-21-29/h7-12,16-21,27,31-32H,6,13-15,22-24H2,1-5H3/b25-17+,26-16+. The third kappa shape index (κ3) is 7.81. The Morgan fingerprint density at radius 3 is 1.85 bits per heavy atom. The van der Waals surface area contributed by atoms with Gasteiger partial charge in [0.15, 0.2) is 0 Å². The second kappa shape index (κ2) is 13.1. The van der Waals surface area contributed by atoms with Crippen LogP contribution in [0.5, 0.6) is 0 Å². The first-order chi connectivity index (χ1) is 15.7. The SMILES string of the molecule is CCC(O)CC/C(C)=C/CC/C(C)=C/CCC(C)(C)[Si](O)(c1ccccc1)c1ccccc1. The zero-order chi connectivity index (χ0) is 24.3. The molecule has 0 bridgehead atoms. The first-order valence-corrected chi connectivity index (χ1v) is 14.5. The summed E-state index contributed by atoms with van der Waals surface area (Å²) in [6.07, 6.45) is 11.2. The van der Waals surface area contributed by atoms with Gasteiger partial charge in [0.2, 0.25) is 0 Å². The molecule has 3 heteroatoms. The van der Waals surface area contributed by atoms with Crippen molar-refractivity contribution in [1.82, 2.24) is 0 Å². The summed E-state index contributed by atoms with van der Waals surface area (Å²) in [4.78, 5) is 12.2. The van der Waals surface area contributed by atoms with E-state index in [9.17, 15) is 9.90 Å². The summed E-state index contributed by atoms with van der Waals surface area (Å²) in [6.45, 7) is 10.9. The summed E-state index contributed by atoms with van der Waals surface area (Å²) in [5.74, 6) is 0. The van der Waals surface area contributed by atoms with Gasteiger partial charge >= 0.3 is 0 Å². The molecule has 2 aromatic rings. The van der Waals surface area contributed by atoms with E-state index in [-0.39, 0.29) is 11.1 Å². The summed E-state index contributed by atoms with van der Waals surface area (Å²) in [7, 11) is -2.92. The Morgan fingerprint density at radius 1 is 0.848 bits per heavy atom. The van der Waals surface area contributed by atoms with Crippen molar-refractivity contribution in [3.05, 3.63) is 84.0 Å². The lowest BCUT2D eigenvalue weighted by Gasteiger charge is -2.41.